The lowest BCUT2D eigenvalue weighted by molar-refractivity contribution is -0.114. The van der Waals surface area contributed by atoms with E-state index < -0.39 is 21.9 Å². The van der Waals surface area contributed by atoms with E-state index in [1.54, 1.807) is 38.1 Å². The second-order valence-corrected chi connectivity index (χ2v) is 8.46. The number of carbonyl (C=O) groups excluding carboxylic acids is 2. The second-order valence-electron chi connectivity index (χ2n) is 6.55. The summed E-state index contributed by atoms with van der Waals surface area (Å²) < 4.78 is 30.8. The number of nitrogens with zero attached hydrogens (tertiary/aromatic N) is 1. The van der Waals surface area contributed by atoms with E-state index in [0.717, 1.165) is 21.7 Å². The van der Waals surface area contributed by atoms with Crippen LogP contribution in [-0.4, -0.2) is 39.7 Å². The number of ether oxygens (including phenoxy) is 1. The summed E-state index contributed by atoms with van der Waals surface area (Å²) in [6.07, 6.45) is 1.70. The highest BCUT2D eigenvalue weighted by Gasteiger charge is 2.23. The maximum absolute atomic E-state index is 12.7. The first-order valence-corrected chi connectivity index (χ1v) is 11.2. The van der Waals surface area contributed by atoms with E-state index in [1.165, 1.54) is 6.07 Å². The number of rotatable bonds is 8. The standard InChI is InChI=1S/C21H26N2O5S/c1-5-16-9-7-8-10-19(16)23(29(4,26)27)14-20(24)22-18-13-17(12-11-15(18)3)21(25)28-6-2/h7-13H,5-6,14H2,1-4H3,(H,22,24). The van der Waals surface area contributed by atoms with Crippen molar-refractivity contribution in [1.29, 1.82) is 0 Å². The van der Waals surface area contributed by atoms with E-state index in [0.29, 0.717) is 23.4 Å². The molecule has 0 heterocycles. The molecule has 0 bridgehead atoms. The molecule has 0 fully saturated rings. The first kappa shape index (κ1) is 22.4. The number of sulfonamides is 1. The van der Waals surface area contributed by atoms with Crippen molar-refractivity contribution in [3.8, 4) is 0 Å². The minimum atomic E-state index is -3.68. The van der Waals surface area contributed by atoms with Crippen LogP contribution in [0.1, 0.15) is 35.3 Å². The van der Waals surface area contributed by atoms with Crippen LogP contribution in [0.5, 0.6) is 0 Å². The van der Waals surface area contributed by atoms with E-state index in [1.807, 2.05) is 19.1 Å². The maximum atomic E-state index is 12.7. The predicted molar refractivity (Wildman–Crippen MR) is 114 cm³/mol. The van der Waals surface area contributed by atoms with Crippen molar-refractivity contribution in [2.45, 2.75) is 27.2 Å². The number of esters is 1. The van der Waals surface area contributed by atoms with E-state index >= 15 is 0 Å². The van der Waals surface area contributed by atoms with E-state index in [9.17, 15) is 18.0 Å². The molecule has 0 saturated heterocycles. The number of para-hydroxylation sites is 1. The van der Waals surface area contributed by atoms with Crippen molar-refractivity contribution in [3.63, 3.8) is 0 Å². The first-order valence-electron chi connectivity index (χ1n) is 9.30. The Labute approximate surface area is 171 Å². The monoisotopic (exact) mass is 418 g/mol. The molecule has 2 rings (SSSR count). The molecule has 0 aromatic heterocycles. The summed E-state index contributed by atoms with van der Waals surface area (Å²) in [5.41, 5.74) is 2.78. The van der Waals surface area contributed by atoms with Gasteiger partial charge in [0.25, 0.3) is 0 Å². The number of nitrogens with one attached hydrogen (secondary N) is 1. The van der Waals surface area contributed by atoms with Crippen molar-refractivity contribution in [3.05, 3.63) is 59.2 Å². The molecule has 2 aromatic carbocycles. The zero-order chi connectivity index (χ0) is 21.6. The quantitative estimate of drug-likeness (QED) is 0.665. The summed E-state index contributed by atoms with van der Waals surface area (Å²) in [6.45, 7) is 5.28. The first-order chi connectivity index (χ1) is 13.7. The molecular weight excluding hydrogens is 392 g/mol. The Morgan fingerprint density at radius 1 is 1.10 bits per heavy atom. The molecule has 0 aliphatic rings. The summed E-state index contributed by atoms with van der Waals surface area (Å²) in [5, 5.41) is 2.70. The Morgan fingerprint density at radius 3 is 2.41 bits per heavy atom. The number of aryl methyl sites for hydroxylation is 2. The van der Waals surface area contributed by atoms with Gasteiger partial charge in [-0.15, -0.1) is 0 Å². The van der Waals surface area contributed by atoms with Gasteiger partial charge in [-0.3, -0.25) is 9.10 Å². The van der Waals surface area contributed by atoms with Crippen LogP contribution in [0.15, 0.2) is 42.5 Å². The highest BCUT2D eigenvalue weighted by Crippen LogP contribution is 2.24. The third-order valence-electron chi connectivity index (χ3n) is 4.35. The molecule has 29 heavy (non-hydrogen) atoms. The van der Waals surface area contributed by atoms with Gasteiger partial charge < -0.3 is 10.1 Å². The van der Waals surface area contributed by atoms with Gasteiger partial charge in [0, 0.05) is 5.69 Å². The molecule has 0 aliphatic heterocycles. The summed E-state index contributed by atoms with van der Waals surface area (Å²) in [5.74, 6) is -0.997. The molecular formula is C21H26N2O5S. The highest BCUT2D eigenvalue weighted by molar-refractivity contribution is 7.92. The Morgan fingerprint density at radius 2 is 1.79 bits per heavy atom. The van der Waals surface area contributed by atoms with Crippen molar-refractivity contribution in [2.75, 3.05) is 29.0 Å². The fourth-order valence-electron chi connectivity index (χ4n) is 2.85. The Balaban J connectivity index is 2.28. The average molecular weight is 419 g/mol. The minimum Gasteiger partial charge on any atom is -0.462 e. The van der Waals surface area contributed by atoms with E-state index in [-0.39, 0.29) is 13.2 Å². The summed E-state index contributed by atoms with van der Waals surface area (Å²) in [7, 11) is -3.68. The van der Waals surface area contributed by atoms with Gasteiger partial charge in [-0.1, -0.05) is 31.2 Å². The number of carbonyl (C=O) groups is 2. The Bertz CT molecular complexity index is 1000. The zero-order valence-corrected chi connectivity index (χ0v) is 17.9. The third-order valence-corrected chi connectivity index (χ3v) is 5.48. The molecule has 0 atom stereocenters. The van der Waals surface area contributed by atoms with Gasteiger partial charge in [0.1, 0.15) is 6.54 Å². The van der Waals surface area contributed by atoms with Gasteiger partial charge in [-0.2, -0.15) is 0 Å². The average Bonchev–Trinajstić information content (AvgIpc) is 2.67. The lowest BCUT2D eigenvalue weighted by atomic mass is 10.1. The summed E-state index contributed by atoms with van der Waals surface area (Å²) >= 11 is 0. The van der Waals surface area contributed by atoms with Crippen LogP contribution in [0.4, 0.5) is 11.4 Å². The van der Waals surface area contributed by atoms with Crippen molar-refractivity contribution < 1.29 is 22.7 Å². The predicted octanol–water partition coefficient (Wildman–Crippen LogP) is 3.14. The molecule has 156 valence electrons. The van der Waals surface area contributed by atoms with E-state index in [4.69, 9.17) is 4.74 Å². The van der Waals surface area contributed by atoms with Crippen LogP contribution < -0.4 is 9.62 Å². The fraction of sp³-hybridized carbons (Fsp3) is 0.333. The minimum absolute atomic E-state index is 0.245. The second kappa shape index (κ2) is 9.56. The number of anilines is 2. The summed E-state index contributed by atoms with van der Waals surface area (Å²) in [6, 6.07) is 11.9. The Hall–Kier alpha value is -2.87. The molecule has 0 aliphatic carbocycles. The Kier molecular flexibility index (Phi) is 7.39. The molecule has 0 radical (unpaired) electrons. The van der Waals surface area contributed by atoms with Crippen molar-refractivity contribution in [1.82, 2.24) is 0 Å². The van der Waals surface area contributed by atoms with E-state index in [2.05, 4.69) is 5.32 Å². The normalized spacial score (nSPS) is 11.0. The largest absolute Gasteiger partial charge is 0.462 e. The van der Waals surface area contributed by atoms with Crippen LogP contribution in [0.2, 0.25) is 0 Å². The topological polar surface area (TPSA) is 92.8 Å². The molecule has 2 aromatic rings. The highest BCUT2D eigenvalue weighted by atomic mass is 32.2. The van der Waals surface area contributed by atoms with Crippen molar-refractivity contribution >= 4 is 33.3 Å². The van der Waals surface area contributed by atoms with Gasteiger partial charge >= 0.3 is 5.97 Å². The fourth-order valence-corrected chi connectivity index (χ4v) is 3.74. The number of hydrogen-bond acceptors (Lipinski definition) is 5. The molecule has 0 unspecified atom stereocenters. The van der Waals surface area contributed by atoms with Crippen LogP contribution >= 0.6 is 0 Å². The van der Waals surface area contributed by atoms with Gasteiger partial charge in [-0.05, 0) is 49.6 Å². The number of amides is 1. The SMILES string of the molecule is CCOC(=O)c1ccc(C)c(NC(=O)CN(c2ccccc2CC)S(C)(=O)=O)c1. The smallest absolute Gasteiger partial charge is 0.338 e. The van der Waals surface area contributed by atoms with Crippen LogP contribution in [0, 0.1) is 6.92 Å². The number of hydrogen-bond donors (Lipinski definition) is 1. The molecule has 1 amide bonds. The van der Waals surface area contributed by atoms with Crippen LogP contribution in [0.25, 0.3) is 0 Å². The van der Waals surface area contributed by atoms with Gasteiger partial charge in [0.15, 0.2) is 0 Å². The van der Waals surface area contributed by atoms with Gasteiger partial charge in [0.2, 0.25) is 15.9 Å². The molecule has 8 heteroatoms. The van der Waals surface area contributed by atoms with Gasteiger partial charge in [-0.25, -0.2) is 13.2 Å². The van der Waals surface area contributed by atoms with Crippen molar-refractivity contribution in [2.24, 2.45) is 0 Å². The summed E-state index contributed by atoms with van der Waals surface area (Å²) in [4.78, 5) is 24.6. The third kappa shape index (κ3) is 5.80. The molecule has 7 nitrogen and oxygen atoms in total. The molecule has 0 saturated carbocycles. The maximum Gasteiger partial charge on any atom is 0.338 e. The molecule has 1 N–H and O–H groups in total. The van der Waals surface area contributed by atoms with Crippen LogP contribution in [-0.2, 0) is 26.0 Å². The number of benzene rings is 2. The lowest BCUT2D eigenvalue weighted by Gasteiger charge is -2.24. The van der Waals surface area contributed by atoms with Gasteiger partial charge in [0.05, 0.1) is 24.1 Å². The van der Waals surface area contributed by atoms with Crippen LogP contribution in [0.3, 0.4) is 0 Å². The lowest BCUT2D eigenvalue weighted by Crippen LogP contribution is -2.38. The molecule has 0 spiro atoms. The zero-order valence-electron chi connectivity index (χ0n) is 17.1.